The van der Waals surface area contributed by atoms with Gasteiger partial charge in [-0.3, -0.25) is 4.79 Å². The van der Waals surface area contributed by atoms with E-state index in [1.54, 1.807) is 18.2 Å². The highest BCUT2D eigenvalue weighted by Gasteiger charge is 2.23. The van der Waals surface area contributed by atoms with Gasteiger partial charge in [0.15, 0.2) is 5.78 Å². The Labute approximate surface area is 158 Å². The monoisotopic (exact) mass is 356 g/mol. The number of ketones is 1. The summed E-state index contributed by atoms with van der Waals surface area (Å²) < 4.78 is 6.07. The van der Waals surface area contributed by atoms with Gasteiger partial charge in [-0.05, 0) is 41.7 Å². The number of carbonyl (C=O) groups is 1. The third-order valence-electron chi connectivity index (χ3n) is 4.79. The van der Waals surface area contributed by atoms with E-state index in [4.69, 9.17) is 4.74 Å². The number of rotatable bonds is 4. The van der Waals surface area contributed by atoms with Crippen LogP contribution < -0.4 is 4.74 Å². The molecule has 0 unspecified atom stereocenters. The molecule has 0 saturated heterocycles. The van der Waals surface area contributed by atoms with Gasteiger partial charge in [-0.1, -0.05) is 66.7 Å². The highest BCUT2D eigenvalue weighted by molar-refractivity contribution is 6.08. The van der Waals surface area contributed by atoms with Crippen LogP contribution in [0.25, 0.3) is 6.08 Å². The molecule has 0 bridgehead atoms. The molecule has 4 rings (SSSR count). The normalized spacial score (nSPS) is 15.9. The molecule has 27 heavy (non-hydrogen) atoms. The third-order valence-corrected chi connectivity index (χ3v) is 4.79. The summed E-state index contributed by atoms with van der Waals surface area (Å²) in [6.45, 7) is 0. The number of fused-ring (bicyclic) bond motifs is 1. The first-order valence-corrected chi connectivity index (χ1v) is 9.05. The van der Waals surface area contributed by atoms with Crippen LogP contribution in [-0.4, -0.2) is 10.9 Å². The van der Waals surface area contributed by atoms with E-state index in [0.717, 1.165) is 29.5 Å². The zero-order valence-corrected chi connectivity index (χ0v) is 14.8. The van der Waals surface area contributed by atoms with Crippen LogP contribution in [0.4, 0.5) is 0 Å². The van der Waals surface area contributed by atoms with E-state index in [2.05, 4.69) is 0 Å². The lowest BCUT2D eigenvalue weighted by Crippen LogP contribution is -2.15. The van der Waals surface area contributed by atoms with Gasteiger partial charge in [-0.15, -0.1) is 0 Å². The molecule has 0 aliphatic carbocycles. The molecule has 0 spiro atoms. The Kier molecular flexibility index (Phi) is 4.75. The topological polar surface area (TPSA) is 46.5 Å². The molecule has 1 aliphatic rings. The molecule has 0 fully saturated rings. The molecule has 0 aromatic heterocycles. The standard InChI is InChI=1S/C24H20O3/c25-21(13-11-17-7-3-1-4-8-17)20-15-19-12-14-23(18-9-5-2-6-10-18)27-24(19)16-22(20)26/h1-11,13,15-16,23,26H,12,14H2/b13-11-/t23-/m0/s1. The van der Waals surface area contributed by atoms with Gasteiger partial charge in [0.05, 0.1) is 5.56 Å². The number of phenols is 1. The van der Waals surface area contributed by atoms with Gasteiger partial charge in [0.2, 0.25) is 0 Å². The summed E-state index contributed by atoms with van der Waals surface area (Å²) in [5.74, 6) is 0.380. The van der Waals surface area contributed by atoms with E-state index in [-0.39, 0.29) is 17.6 Å². The maximum absolute atomic E-state index is 12.5. The first-order valence-electron chi connectivity index (χ1n) is 9.05. The zero-order valence-electron chi connectivity index (χ0n) is 14.8. The molecule has 3 heteroatoms. The second-order valence-electron chi connectivity index (χ2n) is 6.64. The molecule has 3 nitrogen and oxygen atoms in total. The Morgan fingerprint density at radius 1 is 1.00 bits per heavy atom. The summed E-state index contributed by atoms with van der Waals surface area (Å²) in [7, 11) is 0. The van der Waals surface area contributed by atoms with E-state index in [1.807, 2.05) is 60.7 Å². The van der Waals surface area contributed by atoms with E-state index in [1.165, 1.54) is 6.08 Å². The maximum atomic E-state index is 12.5. The van der Waals surface area contributed by atoms with E-state index in [9.17, 15) is 9.90 Å². The van der Waals surface area contributed by atoms with Crippen LogP contribution in [0.1, 0.15) is 39.6 Å². The van der Waals surface area contributed by atoms with Crippen LogP contribution in [0.5, 0.6) is 11.5 Å². The highest BCUT2D eigenvalue weighted by atomic mass is 16.5. The first kappa shape index (κ1) is 17.1. The number of ether oxygens (including phenoxy) is 1. The van der Waals surface area contributed by atoms with Crippen molar-refractivity contribution in [3.8, 4) is 11.5 Å². The number of carbonyl (C=O) groups excluding carboxylic acids is 1. The van der Waals surface area contributed by atoms with Crippen molar-refractivity contribution in [2.24, 2.45) is 0 Å². The Balaban J connectivity index is 1.56. The molecule has 0 radical (unpaired) electrons. The van der Waals surface area contributed by atoms with Crippen molar-refractivity contribution in [2.45, 2.75) is 18.9 Å². The number of aryl methyl sites for hydroxylation is 1. The van der Waals surface area contributed by atoms with Crippen molar-refractivity contribution in [3.63, 3.8) is 0 Å². The lowest BCUT2D eigenvalue weighted by molar-refractivity contribution is 0.104. The average Bonchev–Trinajstić information content (AvgIpc) is 2.72. The van der Waals surface area contributed by atoms with Crippen molar-refractivity contribution in [1.82, 2.24) is 0 Å². The Morgan fingerprint density at radius 2 is 1.70 bits per heavy atom. The molecular formula is C24H20O3. The van der Waals surface area contributed by atoms with Crippen molar-refractivity contribution in [1.29, 1.82) is 0 Å². The van der Waals surface area contributed by atoms with Crippen molar-refractivity contribution >= 4 is 11.9 Å². The van der Waals surface area contributed by atoms with Gasteiger partial charge in [0, 0.05) is 6.07 Å². The quantitative estimate of drug-likeness (QED) is 0.506. The summed E-state index contributed by atoms with van der Waals surface area (Å²) >= 11 is 0. The second kappa shape index (κ2) is 7.50. The Morgan fingerprint density at radius 3 is 2.44 bits per heavy atom. The number of aromatic hydroxyl groups is 1. The van der Waals surface area contributed by atoms with Crippen LogP contribution >= 0.6 is 0 Å². The second-order valence-corrected chi connectivity index (χ2v) is 6.64. The lowest BCUT2D eigenvalue weighted by Gasteiger charge is -2.27. The molecule has 1 heterocycles. The van der Waals surface area contributed by atoms with Crippen LogP contribution in [0.15, 0.2) is 78.9 Å². The minimum absolute atomic E-state index is 0.0300. The fraction of sp³-hybridized carbons (Fsp3) is 0.125. The fourth-order valence-electron chi connectivity index (χ4n) is 3.34. The minimum Gasteiger partial charge on any atom is -0.507 e. The predicted molar refractivity (Wildman–Crippen MR) is 106 cm³/mol. The molecule has 1 atom stereocenters. The van der Waals surface area contributed by atoms with Crippen LogP contribution in [-0.2, 0) is 6.42 Å². The molecule has 0 amide bonds. The van der Waals surface area contributed by atoms with Crippen LogP contribution in [0.3, 0.4) is 0 Å². The molecule has 0 saturated carbocycles. The van der Waals surface area contributed by atoms with Crippen molar-refractivity contribution in [3.05, 3.63) is 101 Å². The minimum atomic E-state index is -0.218. The predicted octanol–water partition coefficient (Wildman–Crippen LogP) is 5.35. The Bertz CT molecular complexity index is 975. The van der Waals surface area contributed by atoms with E-state index in [0.29, 0.717) is 11.3 Å². The molecule has 134 valence electrons. The summed E-state index contributed by atoms with van der Waals surface area (Å²) in [6.07, 6.45) is 4.86. The summed E-state index contributed by atoms with van der Waals surface area (Å²) in [6, 6.07) is 23.0. The third kappa shape index (κ3) is 3.77. The summed E-state index contributed by atoms with van der Waals surface area (Å²) in [5, 5.41) is 10.4. The van der Waals surface area contributed by atoms with E-state index < -0.39 is 0 Å². The highest BCUT2D eigenvalue weighted by Crippen LogP contribution is 2.38. The van der Waals surface area contributed by atoms with Crippen LogP contribution in [0.2, 0.25) is 0 Å². The molecular weight excluding hydrogens is 336 g/mol. The smallest absolute Gasteiger partial charge is 0.189 e. The average molecular weight is 356 g/mol. The molecule has 3 aromatic rings. The number of hydrogen-bond donors (Lipinski definition) is 1. The van der Waals surface area contributed by atoms with Crippen molar-refractivity contribution in [2.75, 3.05) is 0 Å². The first-order chi connectivity index (χ1) is 13.2. The van der Waals surface area contributed by atoms with E-state index >= 15 is 0 Å². The lowest BCUT2D eigenvalue weighted by atomic mass is 9.95. The fourth-order valence-corrected chi connectivity index (χ4v) is 3.34. The number of benzene rings is 3. The zero-order chi connectivity index (χ0) is 18.6. The van der Waals surface area contributed by atoms with Gasteiger partial charge in [-0.2, -0.15) is 0 Å². The molecule has 1 aliphatic heterocycles. The molecule has 1 N–H and O–H groups in total. The number of phenolic OH excluding ortho intramolecular Hbond substituents is 1. The van der Waals surface area contributed by atoms with Gasteiger partial charge in [-0.25, -0.2) is 0 Å². The largest absolute Gasteiger partial charge is 0.507 e. The van der Waals surface area contributed by atoms with Gasteiger partial charge < -0.3 is 9.84 Å². The van der Waals surface area contributed by atoms with Gasteiger partial charge in [0.1, 0.15) is 17.6 Å². The number of hydrogen-bond acceptors (Lipinski definition) is 3. The molecule has 3 aromatic carbocycles. The Hall–Kier alpha value is -3.33. The maximum Gasteiger partial charge on any atom is 0.189 e. The summed E-state index contributed by atoms with van der Waals surface area (Å²) in [4.78, 5) is 12.5. The van der Waals surface area contributed by atoms with Crippen molar-refractivity contribution < 1.29 is 14.6 Å². The van der Waals surface area contributed by atoms with Crippen LogP contribution in [0, 0.1) is 0 Å². The van der Waals surface area contributed by atoms with Gasteiger partial charge in [0.25, 0.3) is 0 Å². The summed E-state index contributed by atoms with van der Waals surface area (Å²) in [5.41, 5.74) is 3.32. The van der Waals surface area contributed by atoms with Gasteiger partial charge >= 0.3 is 0 Å². The SMILES string of the molecule is O=C(/C=C\c1ccccc1)c1cc2c(cc1O)O[C@H](c1ccccc1)CC2. The number of allylic oxidation sites excluding steroid dienone is 1.